The molecule has 0 aliphatic carbocycles. The summed E-state index contributed by atoms with van der Waals surface area (Å²) >= 11 is 0. The average molecular weight is 318 g/mol. The zero-order valence-corrected chi connectivity index (χ0v) is 12.9. The smallest absolute Gasteiger partial charge is 0.295 e. The van der Waals surface area contributed by atoms with Gasteiger partial charge in [0.05, 0.1) is 10.9 Å². The van der Waals surface area contributed by atoms with Gasteiger partial charge in [-0.25, -0.2) is 9.97 Å². The number of nitrogens with zero attached hydrogens (tertiary/aromatic N) is 3. The van der Waals surface area contributed by atoms with Crippen molar-refractivity contribution in [1.82, 2.24) is 19.9 Å². The highest BCUT2D eigenvalue weighted by Gasteiger charge is 2.07. The lowest BCUT2D eigenvalue weighted by Crippen LogP contribution is -1.95. The van der Waals surface area contributed by atoms with E-state index in [9.17, 15) is 0 Å². The molecule has 0 radical (unpaired) electrons. The topological polar surface area (TPSA) is 106 Å². The van der Waals surface area contributed by atoms with Gasteiger partial charge in [-0.05, 0) is 25.1 Å². The standard InChI is InChI=1S/C17H14N6O/c1-2-19-17-23-12-7-10(4-6-13(12)24-17)3-5-11-8-20-16-14(11)15(18)21-9-22-16/h4,6-9H,2H2,1H3,(H,19,23)(H3,18,20,21,22). The number of rotatable bonds is 2. The number of fused-ring (bicyclic) bond motifs is 2. The van der Waals surface area contributed by atoms with Crippen LogP contribution in [0, 0.1) is 11.8 Å². The van der Waals surface area contributed by atoms with E-state index in [4.69, 9.17) is 10.2 Å². The maximum absolute atomic E-state index is 5.91. The molecule has 0 bridgehead atoms. The van der Waals surface area contributed by atoms with Crippen molar-refractivity contribution in [3.8, 4) is 11.8 Å². The molecular formula is C17H14N6O. The van der Waals surface area contributed by atoms with Crippen LogP contribution in [0.2, 0.25) is 0 Å². The Balaban J connectivity index is 1.72. The van der Waals surface area contributed by atoms with Gasteiger partial charge in [-0.1, -0.05) is 11.8 Å². The van der Waals surface area contributed by atoms with Crippen LogP contribution < -0.4 is 11.1 Å². The summed E-state index contributed by atoms with van der Waals surface area (Å²) in [5.74, 6) is 6.63. The molecule has 0 amide bonds. The molecule has 4 rings (SSSR count). The van der Waals surface area contributed by atoms with E-state index in [-0.39, 0.29) is 0 Å². The molecule has 0 saturated carbocycles. The minimum Gasteiger partial charge on any atom is -0.424 e. The van der Waals surface area contributed by atoms with Gasteiger partial charge < -0.3 is 20.5 Å². The summed E-state index contributed by atoms with van der Waals surface area (Å²) in [5, 5.41) is 3.79. The number of nitrogens with two attached hydrogens (primary N) is 1. The zero-order valence-electron chi connectivity index (χ0n) is 12.9. The number of oxazole rings is 1. The van der Waals surface area contributed by atoms with Gasteiger partial charge >= 0.3 is 0 Å². The fraction of sp³-hybridized carbons (Fsp3) is 0.118. The molecular weight excluding hydrogens is 304 g/mol. The van der Waals surface area contributed by atoms with E-state index in [1.165, 1.54) is 6.33 Å². The first-order valence-corrected chi connectivity index (χ1v) is 7.48. The molecule has 118 valence electrons. The minimum absolute atomic E-state index is 0.410. The van der Waals surface area contributed by atoms with Gasteiger partial charge in [0, 0.05) is 18.3 Å². The Hall–Kier alpha value is -3.53. The fourth-order valence-corrected chi connectivity index (χ4v) is 2.46. The van der Waals surface area contributed by atoms with Crippen LogP contribution in [-0.4, -0.2) is 26.5 Å². The zero-order chi connectivity index (χ0) is 16.5. The molecule has 1 aromatic carbocycles. The van der Waals surface area contributed by atoms with Crippen molar-refractivity contribution in [1.29, 1.82) is 0 Å². The molecule has 0 spiro atoms. The van der Waals surface area contributed by atoms with Crippen molar-refractivity contribution in [3.63, 3.8) is 0 Å². The van der Waals surface area contributed by atoms with E-state index in [1.54, 1.807) is 6.20 Å². The minimum atomic E-state index is 0.410. The molecule has 7 nitrogen and oxygen atoms in total. The third-order valence-electron chi connectivity index (χ3n) is 3.56. The van der Waals surface area contributed by atoms with Crippen molar-refractivity contribution in [3.05, 3.63) is 41.9 Å². The SMILES string of the molecule is CCNc1nc2cc(C#Cc3c[nH]c4ncnc(N)c34)ccc2o1. The highest BCUT2D eigenvalue weighted by atomic mass is 16.4. The number of H-pyrrole nitrogens is 1. The second kappa shape index (κ2) is 5.59. The van der Waals surface area contributed by atoms with Crippen LogP contribution in [-0.2, 0) is 0 Å². The molecule has 0 saturated heterocycles. The number of benzene rings is 1. The Morgan fingerprint density at radius 2 is 2.21 bits per heavy atom. The van der Waals surface area contributed by atoms with Crippen LogP contribution in [0.1, 0.15) is 18.1 Å². The third-order valence-corrected chi connectivity index (χ3v) is 3.56. The van der Waals surface area contributed by atoms with Gasteiger partial charge in [0.15, 0.2) is 5.58 Å². The van der Waals surface area contributed by atoms with Crippen molar-refractivity contribution in [2.75, 3.05) is 17.6 Å². The first-order valence-electron chi connectivity index (χ1n) is 7.48. The molecule has 7 heteroatoms. The first-order chi connectivity index (χ1) is 11.7. The molecule has 4 N–H and O–H groups in total. The lowest BCUT2D eigenvalue weighted by molar-refractivity contribution is 0.616. The predicted molar refractivity (Wildman–Crippen MR) is 92.5 cm³/mol. The van der Waals surface area contributed by atoms with E-state index in [1.807, 2.05) is 25.1 Å². The second-order valence-corrected chi connectivity index (χ2v) is 5.17. The van der Waals surface area contributed by atoms with Crippen LogP contribution in [0.5, 0.6) is 0 Å². The summed E-state index contributed by atoms with van der Waals surface area (Å²) < 4.78 is 5.58. The summed E-state index contributed by atoms with van der Waals surface area (Å²) in [7, 11) is 0. The maximum Gasteiger partial charge on any atom is 0.295 e. The normalized spacial score (nSPS) is 10.7. The van der Waals surface area contributed by atoms with Crippen LogP contribution >= 0.6 is 0 Å². The second-order valence-electron chi connectivity index (χ2n) is 5.17. The van der Waals surface area contributed by atoms with Gasteiger partial charge in [0.25, 0.3) is 6.01 Å². The van der Waals surface area contributed by atoms with E-state index in [2.05, 4.69) is 37.1 Å². The first kappa shape index (κ1) is 14.1. The molecule has 0 unspecified atom stereocenters. The molecule has 4 aromatic rings. The monoisotopic (exact) mass is 318 g/mol. The molecule has 0 atom stereocenters. The molecule has 3 heterocycles. The van der Waals surface area contributed by atoms with Crippen molar-refractivity contribution >= 4 is 34.0 Å². The number of anilines is 2. The van der Waals surface area contributed by atoms with Gasteiger partial charge in [-0.3, -0.25) is 0 Å². The largest absolute Gasteiger partial charge is 0.424 e. The van der Waals surface area contributed by atoms with Crippen molar-refractivity contribution < 1.29 is 4.42 Å². The summed E-state index contributed by atoms with van der Waals surface area (Å²) in [4.78, 5) is 15.6. The Morgan fingerprint density at radius 3 is 3.08 bits per heavy atom. The van der Waals surface area contributed by atoms with Crippen molar-refractivity contribution in [2.24, 2.45) is 0 Å². The highest BCUT2D eigenvalue weighted by molar-refractivity contribution is 5.91. The Labute approximate surface area is 137 Å². The Morgan fingerprint density at radius 1 is 1.29 bits per heavy atom. The van der Waals surface area contributed by atoms with E-state index >= 15 is 0 Å². The van der Waals surface area contributed by atoms with Crippen LogP contribution in [0.4, 0.5) is 11.8 Å². The third kappa shape index (κ3) is 2.40. The van der Waals surface area contributed by atoms with Crippen LogP contribution in [0.3, 0.4) is 0 Å². The summed E-state index contributed by atoms with van der Waals surface area (Å²) in [6, 6.07) is 6.16. The van der Waals surface area contributed by atoms with Gasteiger partial charge in [-0.15, -0.1) is 0 Å². The molecule has 3 aromatic heterocycles. The number of aromatic nitrogens is 4. The van der Waals surface area contributed by atoms with Crippen LogP contribution in [0.15, 0.2) is 35.1 Å². The molecule has 0 aliphatic rings. The lowest BCUT2D eigenvalue weighted by atomic mass is 10.2. The van der Waals surface area contributed by atoms with E-state index in [0.717, 1.165) is 34.2 Å². The van der Waals surface area contributed by atoms with E-state index in [0.29, 0.717) is 17.5 Å². The number of hydrogen-bond donors (Lipinski definition) is 3. The predicted octanol–water partition coefficient (Wildman–Crippen LogP) is 2.51. The summed E-state index contributed by atoms with van der Waals surface area (Å²) in [5.41, 5.74) is 9.67. The molecule has 0 fully saturated rings. The van der Waals surface area contributed by atoms with Crippen molar-refractivity contribution in [2.45, 2.75) is 6.92 Å². The number of hydrogen-bond acceptors (Lipinski definition) is 6. The summed E-state index contributed by atoms with van der Waals surface area (Å²) in [6.45, 7) is 2.74. The number of nitrogen functional groups attached to an aromatic ring is 1. The number of aromatic amines is 1. The van der Waals surface area contributed by atoms with Gasteiger partial charge in [0.2, 0.25) is 0 Å². The van der Waals surface area contributed by atoms with Gasteiger partial charge in [0.1, 0.15) is 23.3 Å². The summed E-state index contributed by atoms with van der Waals surface area (Å²) in [6.07, 6.45) is 3.20. The average Bonchev–Trinajstić information content (AvgIpc) is 3.17. The molecule has 24 heavy (non-hydrogen) atoms. The quantitative estimate of drug-likeness (QED) is 0.490. The van der Waals surface area contributed by atoms with E-state index < -0.39 is 0 Å². The lowest BCUT2D eigenvalue weighted by Gasteiger charge is -1.94. The number of nitrogens with one attached hydrogen (secondary N) is 2. The van der Waals surface area contributed by atoms with Gasteiger partial charge in [-0.2, -0.15) is 4.98 Å². The fourth-order valence-electron chi connectivity index (χ4n) is 2.46. The maximum atomic E-state index is 5.91. The highest BCUT2D eigenvalue weighted by Crippen LogP contribution is 2.21. The van der Waals surface area contributed by atoms with Crippen LogP contribution in [0.25, 0.3) is 22.1 Å². The molecule has 0 aliphatic heterocycles. The Kier molecular flexibility index (Phi) is 3.28. The Bertz CT molecular complexity index is 1100.